The zero-order chi connectivity index (χ0) is 11.9. The van der Waals surface area contributed by atoms with Crippen molar-refractivity contribution in [3.63, 3.8) is 0 Å². The van der Waals surface area contributed by atoms with Crippen molar-refractivity contribution in [1.82, 2.24) is 14.7 Å². The SMILES string of the molecule is Cc1cnn(C)c1[C@H]1[C@H](N)CCN1C(C)C. The Labute approximate surface area is 97.4 Å². The molecule has 0 amide bonds. The standard InChI is InChI=1S/C12H22N4/c1-8(2)16-6-5-10(13)12(16)11-9(3)7-14-15(11)4/h7-8,10,12H,5-6,13H2,1-4H3/t10-,12-/m1/s1. The number of hydrogen-bond donors (Lipinski definition) is 1. The predicted molar refractivity (Wildman–Crippen MR) is 65.1 cm³/mol. The molecular weight excluding hydrogens is 200 g/mol. The molecule has 1 aliphatic heterocycles. The molecule has 2 rings (SSSR count). The van der Waals surface area contributed by atoms with E-state index in [1.165, 1.54) is 11.3 Å². The van der Waals surface area contributed by atoms with Gasteiger partial charge in [0.1, 0.15) is 0 Å². The zero-order valence-electron chi connectivity index (χ0n) is 10.6. The van der Waals surface area contributed by atoms with Gasteiger partial charge >= 0.3 is 0 Å². The Morgan fingerprint density at radius 3 is 2.69 bits per heavy atom. The quantitative estimate of drug-likeness (QED) is 0.818. The van der Waals surface area contributed by atoms with Crippen molar-refractivity contribution >= 4 is 0 Å². The maximum atomic E-state index is 6.25. The van der Waals surface area contributed by atoms with E-state index in [-0.39, 0.29) is 6.04 Å². The highest BCUT2D eigenvalue weighted by Crippen LogP contribution is 2.33. The molecule has 2 atom stereocenters. The van der Waals surface area contributed by atoms with Crippen LogP contribution in [0.25, 0.3) is 0 Å². The molecule has 4 heteroatoms. The van der Waals surface area contributed by atoms with Crippen LogP contribution in [-0.2, 0) is 7.05 Å². The fourth-order valence-electron chi connectivity index (χ4n) is 2.76. The van der Waals surface area contributed by atoms with E-state index in [1.807, 2.05) is 17.9 Å². The summed E-state index contributed by atoms with van der Waals surface area (Å²) in [5, 5.41) is 4.32. The monoisotopic (exact) mass is 222 g/mol. The number of aryl methyl sites for hydroxylation is 2. The lowest BCUT2D eigenvalue weighted by molar-refractivity contribution is 0.190. The second-order valence-electron chi connectivity index (χ2n) is 5.07. The van der Waals surface area contributed by atoms with E-state index in [0.29, 0.717) is 12.1 Å². The van der Waals surface area contributed by atoms with Crippen LogP contribution in [-0.4, -0.2) is 33.3 Å². The summed E-state index contributed by atoms with van der Waals surface area (Å²) in [5.74, 6) is 0. The average molecular weight is 222 g/mol. The summed E-state index contributed by atoms with van der Waals surface area (Å²) in [6, 6.07) is 1.09. The summed E-state index contributed by atoms with van der Waals surface area (Å²) in [4.78, 5) is 2.48. The lowest BCUT2D eigenvalue weighted by atomic mass is 10.0. The number of rotatable bonds is 2. The summed E-state index contributed by atoms with van der Waals surface area (Å²) in [6.07, 6.45) is 3.01. The Bertz CT molecular complexity index is 350. The molecule has 1 aliphatic rings. The van der Waals surface area contributed by atoms with Gasteiger partial charge in [-0.05, 0) is 32.8 Å². The van der Waals surface area contributed by atoms with Crippen LogP contribution >= 0.6 is 0 Å². The smallest absolute Gasteiger partial charge is 0.0675 e. The van der Waals surface area contributed by atoms with Crippen molar-refractivity contribution in [2.75, 3.05) is 6.54 Å². The zero-order valence-corrected chi connectivity index (χ0v) is 10.6. The van der Waals surface area contributed by atoms with E-state index in [4.69, 9.17) is 5.73 Å². The normalized spacial score (nSPS) is 26.9. The molecule has 0 bridgehead atoms. The van der Waals surface area contributed by atoms with Gasteiger partial charge in [0.05, 0.1) is 17.9 Å². The Hall–Kier alpha value is -0.870. The summed E-state index contributed by atoms with van der Waals surface area (Å²) in [5.41, 5.74) is 8.78. The van der Waals surface area contributed by atoms with E-state index in [1.54, 1.807) is 0 Å². The van der Waals surface area contributed by atoms with Crippen LogP contribution in [0.5, 0.6) is 0 Å². The highest BCUT2D eigenvalue weighted by Gasteiger charge is 2.36. The first-order valence-corrected chi connectivity index (χ1v) is 6.02. The van der Waals surface area contributed by atoms with Crippen molar-refractivity contribution in [3.05, 3.63) is 17.5 Å². The Kier molecular flexibility index (Phi) is 3.04. The minimum atomic E-state index is 0.233. The van der Waals surface area contributed by atoms with Crippen LogP contribution < -0.4 is 5.73 Å². The molecule has 1 aromatic rings. The van der Waals surface area contributed by atoms with E-state index in [9.17, 15) is 0 Å². The van der Waals surface area contributed by atoms with Gasteiger partial charge in [0.2, 0.25) is 0 Å². The first-order chi connectivity index (χ1) is 7.52. The number of nitrogens with zero attached hydrogens (tertiary/aromatic N) is 3. The van der Waals surface area contributed by atoms with Crippen molar-refractivity contribution < 1.29 is 0 Å². The number of nitrogens with two attached hydrogens (primary N) is 1. The number of aromatic nitrogens is 2. The van der Waals surface area contributed by atoms with E-state index >= 15 is 0 Å². The second-order valence-corrected chi connectivity index (χ2v) is 5.07. The molecule has 4 nitrogen and oxygen atoms in total. The van der Waals surface area contributed by atoms with Crippen LogP contribution in [0.4, 0.5) is 0 Å². The summed E-state index contributed by atoms with van der Waals surface area (Å²) < 4.78 is 1.97. The molecule has 0 unspecified atom stereocenters. The number of likely N-dealkylation sites (tertiary alicyclic amines) is 1. The molecule has 0 aromatic carbocycles. The van der Waals surface area contributed by atoms with Crippen LogP contribution in [0.3, 0.4) is 0 Å². The molecule has 1 saturated heterocycles. The molecule has 0 spiro atoms. The molecule has 2 heterocycles. The molecule has 1 aromatic heterocycles. The molecule has 90 valence electrons. The van der Waals surface area contributed by atoms with Gasteiger partial charge in [-0.1, -0.05) is 0 Å². The van der Waals surface area contributed by atoms with Gasteiger partial charge in [-0.15, -0.1) is 0 Å². The van der Waals surface area contributed by atoms with Crippen LogP contribution in [0, 0.1) is 6.92 Å². The Morgan fingerprint density at radius 2 is 2.19 bits per heavy atom. The van der Waals surface area contributed by atoms with Gasteiger partial charge in [-0.2, -0.15) is 5.10 Å². The fraction of sp³-hybridized carbons (Fsp3) is 0.750. The average Bonchev–Trinajstić information content (AvgIpc) is 2.71. The second kappa shape index (κ2) is 4.18. The van der Waals surface area contributed by atoms with Crippen molar-refractivity contribution in [1.29, 1.82) is 0 Å². The third kappa shape index (κ3) is 1.76. The molecule has 16 heavy (non-hydrogen) atoms. The minimum absolute atomic E-state index is 0.233. The van der Waals surface area contributed by atoms with Gasteiger partial charge in [0.15, 0.2) is 0 Å². The molecule has 2 N–H and O–H groups in total. The summed E-state index contributed by atoms with van der Waals surface area (Å²) >= 11 is 0. The molecule has 0 radical (unpaired) electrons. The molecule has 0 saturated carbocycles. The third-order valence-electron chi connectivity index (χ3n) is 3.60. The summed E-state index contributed by atoms with van der Waals surface area (Å²) in [6.45, 7) is 7.67. The molecular formula is C12H22N4. The van der Waals surface area contributed by atoms with E-state index < -0.39 is 0 Å². The lowest BCUT2D eigenvalue weighted by Gasteiger charge is -2.30. The minimum Gasteiger partial charge on any atom is -0.326 e. The van der Waals surface area contributed by atoms with Crippen LogP contribution in [0.2, 0.25) is 0 Å². The first kappa shape index (κ1) is 11.6. The van der Waals surface area contributed by atoms with Gasteiger partial charge in [0.25, 0.3) is 0 Å². The summed E-state index contributed by atoms with van der Waals surface area (Å²) in [7, 11) is 2.01. The first-order valence-electron chi connectivity index (χ1n) is 6.02. The van der Waals surface area contributed by atoms with Crippen molar-refractivity contribution in [2.45, 2.75) is 45.3 Å². The van der Waals surface area contributed by atoms with E-state index in [2.05, 4.69) is 30.8 Å². The van der Waals surface area contributed by atoms with Gasteiger partial charge in [-0.25, -0.2) is 0 Å². The highest BCUT2D eigenvalue weighted by atomic mass is 15.3. The maximum Gasteiger partial charge on any atom is 0.0675 e. The molecule has 0 aliphatic carbocycles. The van der Waals surface area contributed by atoms with Gasteiger partial charge in [-0.3, -0.25) is 9.58 Å². The van der Waals surface area contributed by atoms with Crippen molar-refractivity contribution in [3.8, 4) is 0 Å². The van der Waals surface area contributed by atoms with E-state index in [0.717, 1.165) is 13.0 Å². The van der Waals surface area contributed by atoms with Crippen LogP contribution in [0.15, 0.2) is 6.20 Å². The third-order valence-corrected chi connectivity index (χ3v) is 3.60. The Balaban J connectivity index is 2.37. The lowest BCUT2D eigenvalue weighted by Crippen LogP contribution is -2.37. The number of hydrogen-bond acceptors (Lipinski definition) is 3. The Morgan fingerprint density at radius 1 is 1.50 bits per heavy atom. The maximum absolute atomic E-state index is 6.25. The highest BCUT2D eigenvalue weighted by molar-refractivity contribution is 5.23. The largest absolute Gasteiger partial charge is 0.326 e. The van der Waals surface area contributed by atoms with Gasteiger partial charge < -0.3 is 5.73 Å². The van der Waals surface area contributed by atoms with Crippen LogP contribution in [0.1, 0.15) is 37.6 Å². The van der Waals surface area contributed by atoms with Crippen molar-refractivity contribution in [2.24, 2.45) is 12.8 Å². The van der Waals surface area contributed by atoms with Gasteiger partial charge in [0, 0.05) is 25.7 Å². The predicted octanol–water partition coefficient (Wildman–Crippen LogP) is 1.21. The topological polar surface area (TPSA) is 47.1 Å². The molecule has 1 fully saturated rings. The fourth-order valence-corrected chi connectivity index (χ4v) is 2.76.